The van der Waals surface area contributed by atoms with Crippen LogP contribution in [0, 0.1) is 0 Å². The van der Waals surface area contributed by atoms with E-state index < -0.39 is 10.0 Å². The van der Waals surface area contributed by atoms with Gasteiger partial charge in [0.2, 0.25) is 5.88 Å². The Hall–Kier alpha value is -4.45. The van der Waals surface area contributed by atoms with Crippen LogP contribution in [-0.4, -0.2) is 55.6 Å². The summed E-state index contributed by atoms with van der Waals surface area (Å²) >= 11 is 0.891. The van der Waals surface area contributed by atoms with Gasteiger partial charge in [-0.25, -0.2) is 8.42 Å². The van der Waals surface area contributed by atoms with E-state index in [2.05, 4.69) is 4.98 Å². The summed E-state index contributed by atoms with van der Waals surface area (Å²) in [6.07, 6.45) is 0. The van der Waals surface area contributed by atoms with Crippen LogP contribution in [0.3, 0.4) is 0 Å². The lowest BCUT2D eigenvalue weighted by atomic mass is 10.1. The highest BCUT2D eigenvalue weighted by Crippen LogP contribution is 2.32. The fraction of sp³-hybridized carbons (Fsp3) is 0.161. The zero-order valence-electron chi connectivity index (χ0n) is 22.4. The molecule has 1 aromatic heterocycles. The van der Waals surface area contributed by atoms with Crippen LogP contribution in [0.5, 0.6) is 5.88 Å². The number of thiazole rings is 1. The number of hydrogen-bond acceptors (Lipinski definition) is 7. The second kappa shape index (κ2) is 11.4. The van der Waals surface area contributed by atoms with Gasteiger partial charge in [0.05, 0.1) is 35.2 Å². The van der Waals surface area contributed by atoms with Gasteiger partial charge in [-0.1, -0.05) is 72.0 Å². The van der Waals surface area contributed by atoms with Crippen molar-refractivity contribution in [1.82, 2.24) is 9.88 Å². The van der Waals surface area contributed by atoms with Crippen LogP contribution in [0.1, 0.15) is 15.9 Å². The van der Waals surface area contributed by atoms with Crippen molar-refractivity contribution in [2.45, 2.75) is 11.4 Å². The number of carbonyl (C=O) groups excluding carboxylic acids is 1. The van der Waals surface area contributed by atoms with E-state index in [4.69, 9.17) is 4.74 Å². The van der Waals surface area contributed by atoms with E-state index in [1.165, 1.54) is 4.31 Å². The van der Waals surface area contributed by atoms with Crippen molar-refractivity contribution in [1.29, 1.82) is 0 Å². The molecule has 1 fully saturated rings. The molecule has 4 aromatic carbocycles. The van der Waals surface area contributed by atoms with E-state index in [9.17, 15) is 23.1 Å². The molecule has 42 heavy (non-hydrogen) atoms. The number of aromatic hydroxyl groups is 1. The van der Waals surface area contributed by atoms with E-state index in [0.29, 0.717) is 53.6 Å². The molecule has 0 atom stereocenters. The highest BCUT2D eigenvalue weighted by atomic mass is 32.2. The summed E-state index contributed by atoms with van der Waals surface area (Å²) in [6, 6.07) is 26.2. The van der Waals surface area contributed by atoms with Crippen LogP contribution >= 0.6 is 11.3 Å². The van der Waals surface area contributed by atoms with Gasteiger partial charge in [-0.3, -0.25) is 18.9 Å². The first-order valence-corrected chi connectivity index (χ1v) is 15.6. The number of ether oxygens (including phenoxy) is 1. The standard InChI is InChI=1S/C31H27N3O6S2/c35-29-28(41-31(37)32-29)23-10-8-21(9-11-23)20-34(42(38,39)27-13-12-22-4-1-2-5-24(22)19-27)26-7-3-6-25(18-26)30(36)33-14-16-40-17-15-33/h1-13,18-19,35H,14-17,20H2,(H,32,37). The number of fused-ring (bicyclic) bond motifs is 1. The number of nitrogens with one attached hydrogen (secondary N) is 1. The number of sulfonamides is 1. The molecule has 0 aliphatic carbocycles. The van der Waals surface area contributed by atoms with Gasteiger partial charge >= 0.3 is 4.87 Å². The number of carbonyl (C=O) groups is 1. The maximum absolute atomic E-state index is 14.2. The summed E-state index contributed by atoms with van der Waals surface area (Å²) in [6.45, 7) is 1.85. The van der Waals surface area contributed by atoms with Gasteiger partial charge < -0.3 is 14.7 Å². The molecule has 1 saturated heterocycles. The Labute approximate surface area is 246 Å². The van der Waals surface area contributed by atoms with E-state index in [1.54, 1.807) is 71.6 Å². The monoisotopic (exact) mass is 601 g/mol. The largest absolute Gasteiger partial charge is 0.493 e. The lowest BCUT2D eigenvalue weighted by Crippen LogP contribution is -2.40. The summed E-state index contributed by atoms with van der Waals surface area (Å²) in [5.74, 6) is -0.391. The second-order valence-corrected chi connectivity index (χ2v) is 12.7. The minimum Gasteiger partial charge on any atom is -0.493 e. The van der Waals surface area contributed by atoms with Crippen molar-refractivity contribution in [3.63, 3.8) is 0 Å². The first-order valence-electron chi connectivity index (χ1n) is 13.3. The van der Waals surface area contributed by atoms with Crippen LogP contribution in [0.2, 0.25) is 0 Å². The smallest absolute Gasteiger partial charge is 0.307 e. The van der Waals surface area contributed by atoms with Crippen LogP contribution in [-0.2, 0) is 21.3 Å². The minimum atomic E-state index is -4.07. The quantitative estimate of drug-likeness (QED) is 0.276. The molecular formula is C31H27N3O6S2. The Morgan fingerprint density at radius 3 is 2.38 bits per heavy atom. The Kier molecular flexibility index (Phi) is 7.55. The van der Waals surface area contributed by atoms with E-state index in [-0.39, 0.29) is 28.1 Å². The second-order valence-electron chi connectivity index (χ2n) is 9.86. The topological polar surface area (TPSA) is 120 Å². The predicted octanol–water partition coefficient (Wildman–Crippen LogP) is 4.83. The van der Waals surface area contributed by atoms with Gasteiger partial charge in [0, 0.05) is 18.7 Å². The molecule has 0 unspecified atom stereocenters. The first-order chi connectivity index (χ1) is 20.3. The molecule has 1 aliphatic rings. The number of anilines is 1. The zero-order chi connectivity index (χ0) is 29.3. The van der Waals surface area contributed by atoms with Gasteiger partial charge in [0.15, 0.2) is 0 Å². The number of amides is 1. The molecule has 6 rings (SSSR count). The van der Waals surface area contributed by atoms with Crippen molar-refractivity contribution in [2.75, 3.05) is 30.6 Å². The molecule has 0 saturated carbocycles. The lowest BCUT2D eigenvalue weighted by molar-refractivity contribution is 0.0303. The molecule has 2 heterocycles. The Balaban J connectivity index is 1.39. The molecule has 11 heteroatoms. The fourth-order valence-electron chi connectivity index (χ4n) is 4.96. The Bertz CT molecular complexity index is 1930. The summed E-state index contributed by atoms with van der Waals surface area (Å²) in [4.78, 5) is 29.1. The molecule has 0 radical (unpaired) electrons. The number of rotatable bonds is 7. The van der Waals surface area contributed by atoms with E-state index in [1.807, 2.05) is 24.3 Å². The van der Waals surface area contributed by atoms with Crippen molar-refractivity contribution in [2.24, 2.45) is 0 Å². The van der Waals surface area contributed by atoms with E-state index >= 15 is 0 Å². The summed E-state index contributed by atoms with van der Waals surface area (Å²) in [5, 5.41) is 11.8. The average Bonchev–Trinajstić information content (AvgIpc) is 3.37. The SMILES string of the molecule is O=C(c1cccc(N(Cc2ccc(-c3sc(=O)[nH]c3O)cc2)S(=O)(=O)c2ccc3ccccc3c2)c1)N1CCOCC1. The van der Waals surface area contributed by atoms with Gasteiger partial charge in [-0.15, -0.1) is 0 Å². The summed E-state index contributed by atoms with van der Waals surface area (Å²) in [7, 11) is -4.07. The van der Waals surface area contributed by atoms with Gasteiger partial charge in [-0.05, 0) is 52.2 Å². The van der Waals surface area contributed by atoms with Crippen molar-refractivity contribution >= 4 is 43.7 Å². The van der Waals surface area contributed by atoms with Gasteiger partial charge in [0.25, 0.3) is 15.9 Å². The third-order valence-electron chi connectivity index (χ3n) is 7.16. The molecule has 1 aliphatic heterocycles. The molecule has 0 bridgehead atoms. The molecular weight excluding hydrogens is 574 g/mol. The third kappa shape index (κ3) is 5.54. The first kappa shape index (κ1) is 27.7. The van der Waals surface area contributed by atoms with E-state index in [0.717, 1.165) is 22.1 Å². The fourth-order valence-corrected chi connectivity index (χ4v) is 7.17. The van der Waals surface area contributed by atoms with Gasteiger partial charge in [-0.2, -0.15) is 0 Å². The summed E-state index contributed by atoms with van der Waals surface area (Å²) in [5.41, 5.74) is 2.05. The zero-order valence-corrected chi connectivity index (χ0v) is 24.0. The Morgan fingerprint density at radius 1 is 0.929 bits per heavy atom. The third-order valence-corrected chi connectivity index (χ3v) is 9.85. The number of hydrogen-bond donors (Lipinski definition) is 2. The molecule has 5 aromatic rings. The molecule has 9 nitrogen and oxygen atoms in total. The van der Waals surface area contributed by atoms with Crippen LogP contribution in [0.25, 0.3) is 21.2 Å². The maximum Gasteiger partial charge on any atom is 0.307 e. The molecule has 0 spiro atoms. The Morgan fingerprint density at radius 2 is 1.67 bits per heavy atom. The summed E-state index contributed by atoms with van der Waals surface area (Å²) < 4.78 is 35.2. The number of H-pyrrole nitrogens is 1. The molecule has 214 valence electrons. The van der Waals surface area contributed by atoms with Crippen LogP contribution in [0.15, 0.2) is 101 Å². The van der Waals surface area contributed by atoms with Crippen LogP contribution < -0.4 is 9.18 Å². The highest BCUT2D eigenvalue weighted by Gasteiger charge is 2.27. The average molecular weight is 602 g/mol. The lowest BCUT2D eigenvalue weighted by Gasteiger charge is -2.28. The number of aromatic nitrogens is 1. The predicted molar refractivity (Wildman–Crippen MR) is 163 cm³/mol. The number of morpholine rings is 1. The maximum atomic E-state index is 14.2. The number of nitrogens with zero attached hydrogens (tertiary/aromatic N) is 2. The van der Waals surface area contributed by atoms with Crippen molar-refractivity contribution in [3.8, 4) is 16.3 Å². The van der Waals surface area contributed by atoms with Crippen molar-refractivity contribution < 1.29 is 23.1 Å². The van der Waals surface area contributed by atoms with Crippen LogP contribution in [0.4, 0.5) is 5.69 Å². The number of benzene rings is 4. The number of aromatic amines is 1. The highest BCUT2D eigenvalue weighted by molar-refractivity contribution is 7.92. The molecule has 1 amide bonds. The van der Waals surface area contributed by atoms with Gasteiger partial charge in [0.1, 0.15) is 0 Å². The minimum absolute atomic E-state index is 0.0139. The molecule has 2 N–H and O–H groups in total. The normalized spacial score (nSPS) is 13.8. The van der Waals surface area contributed by atoms with Crippen molar-refractivity contribution in [3.05, 3.63) is 112 Å².